The minimum atomic E-state index is 0.0279. The van der Waals surface area contributed by atoms with E-state index in [9.17, 15) is 0 Å². The van der Waals surface area contributed by atoms with Crippen molar-refractivity contribution in [2.24, 2.45) is 15.7 Å². The average Bonchev–Trinajstić information content (AvgIpc) is 2.73. The monoisotopic (exact) mass is 256 g/mol. The molecule has 1 heterocycles. The maximum Gasteiger partial charge on any atom is 0.0932 e. The lowest BCUT2D eigenvalue weighted by Gasteiger charge is -2.25. The van der Waals surface area contributed by atoms with Gasteiger partial charge in [-0.15, -0.1) is 0 Å². The zero-order chi connectivity index (χ0) is 11.8. The summed E-state index contributed by atoms with van der Waals surface area (Å²) in [5.74, 6) is 0. The highest BCUT2D eigenvalue weighted by molar-refractivity contribution is 7.78. The highest BCUT2D eigenvalue weighted by atomic mass is 32.1. The van der Waals surface area contributed by atoms with E-state index in [1.807, 2.05) is 0 Å². The van der Waals surface area contributed by atoms with Gasteiger partial charge in [-0.2, -0.15) is 0 Å². The van der Waals surface area contributed by atoms with Crippen LogP contribution < -0.4 is 5.73 Å². The van der Waals surface area contributed by atoms with E-state index < -0.39 is 0 Å². The summed E-state index contributed by atoms with van der Waals surface area (Å²) in [6.07, 6.45) is 2.37. The first-order chi connectivity index (χ1) is 7.81. The van der Waals surface area contributed by atoms with E-state index >= 15 is 0 Å². The smallest absolute Gasteiger partial charge is 0.0932 e. The normalized spacial score (nSPS) is 22.2. The molecule has 0 radical (unpaired) electrons. The number of nitrogens with two attached hydrogens (primary N) is 1. The molecule has 1 fully saturated rings. The summed E-state index contributed by atoms with van der Waals surface area (Å²) in [7, 11) is 0. The molecule has 6 heteroatoms. The molecule has 0 bridgehead atoms. The number of thiocarbonyl (C=S) groups is 2. The Bertz CT molecular complexity index is 308. The predicted molar refractivity (Wildman–Crippen MR) is 72.4 cm³/mol. The third-order valence-corrected chi connectivity index (χ3v) is 3.05. The van der Waals surface area contributed by atoms with Gasteiger partial charge in [0.05, 0.1) is 22.9 Å². The molecular formula is C10H16N4S2. The van der Waals surface area contributed by atoms with Crippen LogP contribution in [-0.2, 0) is 0 Å². The van der Waals surface area contributed by atoms with Gasteiger partial charge in [0.2, 0.25) is 0 Å². The Morgan fingerprint density at radius 3 is 2.88 bits per heavy atom. The van der Waals surface area contributed by atoms with Crippen LogP contribution in [0.4, 0.5) is 0 Å². The van der Waals surface area contributed by atoms with E-state index in [0.717, 1.165) is 13.1 Å². The maximum atomic E-state index is 5.71. The molecule has 2 unspecified atom stereocenters. The first-order valence-corrected chi connectivity index (χ1v) is 6.18. The molecule has 88 valence electrons. The van der Waals surface area contributed by atoms with Gasteiger partial charge in [0.15, 0.2) is 0 Å². The summed E-state index contributed by atoms with van der Waals surface area (Å²) in [5, 5.41) is 4.76. The molecule has 1 aliphatic rings. The van der Waals surface area contributed by atoms with Crippen LogP contribution in [0.3, 0.4) is 0 Å². The van der Waals surface area contributed by atoms with Gasteiger partial charge in [-0.1, -0.05) is 0 Å². The van der Waals surface area contributed by atoms with E-state index in [1.54, 1.807) is 0 Å². The molecule has 0 amide bonds. The van der Waals surface area contributed by atoms with Crippen LogP contribution in [0.5, 0.6) is 0 Å². The molecule has 4 nitrogen and oxygen atoms in total. The number of hydrogen-bond acceptors (Lipinski definition) is 6. The molecule has 16 heavy (non-hydrogen) atoms. The first kappa shape index (κ1) is 13.6. The summed E-state index contributed by atoms with van der Waals surface area (Å²) in [5.41, 5.74) is 5.71. The van der Waals surface area contributed by atoms with Gasteiger partial charge in [0, 0.05) is 19.1 Å². The van der Waals surface area contributed by atoms with Gasteiger partial charge in [-0.05, 0) is 43.8 Å². The lowest BCUT2D eigenvalue weighted by Crippen LogP contribution is -2.40. The number of hydrogen-bond donors (Lipinski definition) is 1. The topological polar surface area (TPSA) is 54.0 Å². The minimum absolute atomic E-state index is 0.0279. The summed E-state index contributed by atoms with van der Waals surface area (Å²) in [6.45, 7) is 3.13. The summed E-state index contributed by atoms with van der Waals surface area (Å²) < 4.78 is 0. The highest BCUT2D eigenvalue weighted by Gasteiger charge is 2.25. The van der Waals surface area contributed by atoms with Crippen molar-refractivity contribution in [3.63, 3.8) is 0 Å². The van der Waals surface area contributed by atoms with Crippen LogP contribution in [0.2, 0.25) is 0 Å². The molecule has 1 saturated heterocycles. The van der Waals surface area contributed by atoms with Crippen molar-refractivity contribution in [1.82, 2.24) is 4.90 Å². The van der Waals surface area contributed by atoms with Gasteiger partial charge in [-0.25, -0.2) is 9.98 Å². The van der Waals surface area contributed by atoms with Crippen LogP contribution >= 0.6 is 24.4 Å². The van der Waals surface area contributed by atoms with E-state index in [-0.39, 0.29) is 6.04 Å². The van der Waals surface area contributed by atoms with E-state index in [0.29, 0.717) is 19.1 Å². The van der Waals surface area contributed by atoms with Crippen LogP contribution in [0, 0.1) is 0 Å². The Hall–Kier alpha value is -0.480. The van der Waals surface area contributed by atoms with Crippen molar-refractivity contribution in [1.29, 1.82) is 0 Å². The molecule has 2 atom stereocenters. The fourth-order valence-electron chi connectivity index (χ4n) is 2.03. The summed E-state index contributed by atoms with van der Waals surface area (Å²) in [4.78, 5) is 10.4. The number of likely N-dealkylation sites (tertiary alicyclic amines) is 1. The molecule has 0 saturated carbocycles. The fraction of sp³-hybridized carbons (Fsp3) is 0.800. The molecule has 2 N–H and O–H groups in total. The SMILES string of the molecule is NCC1CCCN1CC(CN=C=S)N=C=S. The zero-order valence-corrected chi connectivity index (χ0v) is 10.8. The quantitative estimate of drug-likeness (QED) is 0.569. The molecule has 0 aromatic heterocycles. The largest absolute Gasteiger partial charge is 0.329 e. The number of rotatable bonds is 6. The lowest BCUT2D eigenvalue weighted by molar-refractivity contribution is 0.245. The van der Waals surface area contributed by atoms with E-state index in [1.165, 1.54) is 12.8 Å². The van der Waals surface area contributed by atoms with Crippen LogP contribution in [0.1, 0.15) is 12.8 Å². The second-order valence-corrected chi connectivity index (χ2v) is 4.20. The highest BCUT2D eigenvalue weighted by Crippen LogP contribution is 2.16. The standard InChI is InChI=1S/C10H16N4S2/c11-4-10-2-1-3-14(10)6-9(13-8-16)5-12-7-15/h9-10H,1-6,11H2. The predicted octanol–water partition coefficient (Wildman–Crippen LogP) is 0.984. The lowest BCUT2D eigenvalue weighted by atomic mass is 10.2. The van der Waals surface area contributed by atoms with Gasteiger partial charge >= 0.3 is 0 Å². The van der Waals surface area contributed by atoms with Crippen molar-refractivity contribution in [2.75, 3.05) is 26.2 Å². The Balaban J connectivity index is 2.52. The van der Waals surface area contributed by atoms with Crippen LogP contribution in [-0.4, -0.2) is 53.5 Å². The molecular weight excluding hydrogens is 240 g/mol. The third kappa shape index (κ3) is 4.18. The van der Waals surface area contributed by atoms with Crippen molar-refractivity contribution in [3.05, 3.63) is 0 Å². The Kier molecular flexibility index (Phi) is 6.57. The molecule has 0 spiro atoms. The second kappa shape index (κ2) is 7.74. The number of aliphatic imine (C=N–C) groups is 2. The first-order valence-electron chi connectivity index (χ1n) is 5.36. The third-order valence-electron chi connectivity index (χ3n) is 2.82. The average molecular weight is 256 g/mol. The second-order valence-electron chi connectivity index (χ2n) is 3.83. The molecule has 1 aliphatic heterocycles. The number of isothiocyanates is 2. The van der Waals surface area contributed by atoms with Crippen molar-refractivity contribution >= 4 is 34.8 Å². The van der Waals surface area contributed by atoms with E-state index in [2.05, 4.69) is 49.6 Å². The van der Waals surface area contributed by atoms with Crippen molar-refractivity contribution < 1.29 is 0 Å². The molecule has 0 aromatic carbocycles. The Morgan fingerprint density at radius 2 is 2.25 bits per heavy atom. The summed E-state index contributed by atoms with van der Waals surface area (Å²) in [6, 6.07) is 0.499. The zero-order valence-electron chi connectivity index (χ0n) is 9.13. The molecule has 0 aliphatic carbocycles. The Morgan fingerprint density at radius 1 is 1.44 bits per heavy atom. The maximum absolute atomic E-state index is 5.71. The van der Waals surface area contributed by atoms with E-state index in [4.69, 9.17) is 5.73 Å². The van der Waals surface area contributed by atoms with Gasteiger partial charge in [0.1, 0.15) is 0 Å². The van der Waals surface area contributed by atoms with Crippen LogP contribution in [0.25, 0.3) is 0 Å². The minimum Gasteiger partial charge on any atom is -0.329 e. The van der Waals surface area contributed by atoms with Crippen molar-refractivity contribution in [3.8, 4) is 0 Å². The molecule has 1 rings (SSSR count). The van der Waals surface area contributed by atoms with Gasteiger partial charge < -0.3 is 5.73 Å². The van der Waals surface area contributed by atoms with Gasteiger partial charge in [0.25, 0.3) is 0 Å². The van der Waals surface area contributed by atoms with Gasteiger partial charge in [-0.3, -0.25) is 4.90 Å². The fourth-order valence-corrected chi connectivity index (χ4v) is 2.25. The van der Waals surface area contributed by atoms with Crippen LogP contribution in [0.15, 0.2) is 9.98 Å². The van der Waals surface area contributed by atoms with Crippen molar-refractivity contribution in [2.45, 2.75) is 24.9 Å². The Labute approximate surface area is 107 Å². The summed E-state index contributed by atoms with van der Waals surface area (Å²) >= 11 is 9.17. The number of nitrogens with zero attached hydrogens (tertiary/aromatic N) is 3. The molecule has 0 aromatic rings.